The van der Waals surface area contributed by atoms with Gasteiger partial charge in [-0.15, -0.1) is 0 Å². The van der Waals surface area contributed by atoms with Crippen LogP contribution >= 0.6 is 0 Å². The summed E-state index contributed by atoms with van der Waals surface area (Å²) in [6.07, 6.45) is 2.71. The molecule has 0 bridgehead atoms. The first-order chi connectivity index (χ1) is 7.06. The standard InChI is InChI=1S/C14H20O/c1-4-14(3,10-12(2)15)11-13-8-6-5-7-9-13/h5-9H,4,10-11H2,1-3H3/t14-/m0/s1. The van der Waals surface area contributed by atoms with Crippen LogP contribution in [-0.4, -0.2) is 5.78 Å². The molecule has 0 aliphatic carbocycles. The lowest BCUT2D eigenvalue weighted by molar-refractivity contribution is -0.119. The monoisotopic (exact) mass is 204 g/mol. The lowest BCUT2D eigenvalue weighted by Gasteiger charge is -2.27. The highest BCUT2D eigenvalue weighted by Gasteiger charge is 2.24. The number of benzene rings is 1. The average molecular weight is 204 g/mol. The van der Waals surface area contributed by atoms with Crippen LogP contribution in [0.5, 0.6) is 0 Å². The Bertz CT molecular complexity index is 315. The Kier molecular flexibility index (Phi) is 4.07. The quantitative estimate of drug-likeness (QED) is 0.716. The van der Waals surface area contributed by atoms with Gasteiger partial charge in [0.15, 0.2) is 0 Å². The third-order valence-electron chi connectivity index (χ3n) is 3.00. The predicted octanol–water partition coefficient (Wildman–Crippen LogP) is 3.62. The Morgan fingerprint density at radius 3 is 2.33 bits per heavy atom. The average Bonchev–Trinajstić information content (AvgIpc) is 2.18. The van der Waals surface area contributed by atoms with E-state index in [9.17, 15) is 4.79 Å². The van der Waals surface area contributed by atoms with Crippen molar-refractivity contribution < 1.29 is 4.79 Å². The fourth-order valence-corrected chi connectivity index (χ4v) is 2.00. The van der Waals surface area contributed by atoms with Gasteiger partial charge in [0, 0.05) is 6.42 Å². The topological polar surface area (TPSA) is 17.1 Å². The SMILES string of the molecule is CC[C@@](C)(CC(C)=O)Cc1ccccc1. The molecule has 0 radical (unpaired) electrons. The second-order valence-corrected chi connectivity index (χ2v) is 4.71. The number of carbonyl (C=O) groups is 1. The van der Waals surface area contributed by atoms with E-state index in [4.69, 9.17) is 0 Å². The van der Waals surface area contributed by atoms with E-state index in [2.05, 4.69) is 38.1 Å². The summed E-state index contributed by atoms with van der Waals surface area (Å²) in [4.78, 5) is 11.2. The normalized spacial score (nSPS) is 14.6. The van der Waals surface area contributed by atoms with Gasteiger partial charge < -0.3 is 4.79 Å². The number of ketones is 1. The molecule has 0 aliphatic rings. The van der Waals surface area contributed by atoms with Gasteiger partial charge in [-0.1, -0.05) is 44.2 Å². The second kappa shape index (κ2) is 5.11. The molecular formula is C14H20O. The van der Waals surface area contributed by atoms with Crippen molar-refractivity contribution in [2.75, 3.05) is 0 Å². The van der Waals surface area contributed by atoms with Gasteiger partial charge in [0.1, 0.15) is 5.78 Å². The van der Waals surface area contributed by atoms with E-state index in [-0.39, 0.29) is 11.2 Å². The molecule has 0 fully saturated rings. The summed E-state index contributed by atoms with van der Waals surface area (Å²) in [7, 11) is 0. The first-order valence-corrected chi connectivity index (χ1v) is 5.59. The van der Waals surface area contributed by atoms with E-state index in [1.807, 2.05) is 6.07 Å². The maximum absolute atomic E-state index is 11.2. The van der Waals surface area contributed by atoms with E-state index >= 15 is 0 Å². The minimum Gasteiger partial charge on any atom is -0.300 e. The van der Waals surface area contributed by atoms with E-state index in [1.54, 1.807) is 6.92 Å². The Hall–Kier alpha value is -1.11. The Labute approximate surface area is 92.5 Å². The van der Waals surface area contributed by atoms with Crippen LogP contribution < -0.4 is 0 Å². The molecule has 0 heterocycles. The summed E-state index contributed by atoms with van der Waals surface area (Å²) in [5.41, 5.74) is 1.44. The third-order valence-corrected chi connectivity index (χ3v) is 3.00. The van der Waals surface area contributed by atoms with Crippen molar-refractivity contribution in [1.29, 1.82) is 0 Å². The first kappa shape index (κ1) is 12.0. The van der Waals surface area contributed by atoms with Crippen molar-refractivity contribution in [3.63, 3.8) is 0 Å². The highest BCUT2D eigenvalue weighted by molar-refractivity contribution is 5.76. The molecule has 82 valence electrons. The van der Waals surface area contributed by atoms with E-state index in [0.717, 1.165) is 12.8 Å². The third kappa shape index (κ3) is 3.86. The van der Waals surface area contributed by atoms with Crippen LogP contribution in [0, 0.1) is 5.41 Å². The zero-order valence-electron chi connectivity index (χ0n) is 9.92. The summed E-state index contributed by atoms with van der Waals surface area (Å²) in [5, 5.41) is 0. The maximum Gasteiger partial charge on any atom is 0.130 e. The molecule has 15 heavy (non-hydrogen) atoms. The van der Waals surface area contributed by atoms with Crippen LogP contribution in [0.1, 0.15) is 39.2 Å². The molecule has 1 heteroatoms. The van der Waals surface area contributed by atoms with Crippen molar-refractivity contribution in [3.05, 3.63) is 35.9 Å². The Morgan fingerprint density at radius 2 is 1.87 bits per heavy atom. The summed E-state index contributed by atoms with van der Waals surface area (Å²) in [6, 6.07) is 10.4. The Balaban J connectivity index is 2.72. The molecule has 0 saturated carbocycles. The molecule has 1 aromatic carbocycles. The molecule has 0 aromatic heterocycles. The number of hydrogen-bond acceptors (Lipinski definition) is 1. The van der Waals surface area contributed by atoms with Gasteiger partial charge in [-0.25, -0.2) is 0 Å². The maximum atomic E-state index is 11.2. The lowest BCUT2D eigenvalue weighted by Crippen LogP contribution is -2.21. The van der Waals surface area contributed by atoms with Crippen LogP contribution in [-0.2, 0) is 11.2 Å². The van der Waals surface area contributed by atoms with Gasteiger partial charge in [-0.05, 0) is 30.7 Å². The van der Waals surface area contributed by atoms with Crippen molar-refractivity contribution in [1.82, 2.24) is 0 Å². The van der Waals surface area contributed by atoms with Gasteiger partial charge in [0.25, 0.3) is 0 Å². The highest BCUT2D eigenvalue weighted by atomic mass is 16.1. The largest absolute Gasteiger partial charge is 0.300 e. The molecule has 0 aliphatic heterocycles. The van der Waals surface area contributed by atoms with Crippen molar-refractivity contribution in [3.8, 4) is 0 Å². The molecule has 1 nitrogen and oxygen atoms in total. The van der Waals surface area contributed by atoms with Crippen LogP contribution in [0.15, 0.2) is 30.3 Å². The van der Waals surface area contributed by atoms with E-state index < -0.39 is 0 Å². The number of hydrogen-bond donors (Lipinski definition) is 0. The minimum atomic E-state index is 0.118. The summed E-state index contributed by atoms with van der Waals surface area (Å²) < 4.78 is 0. The van der Waals surface area contributed by atoms with Gasteiger partial charge in [0.05, 0.1) is 0 Å². The second-order valence-electron chi connectivity index (χ2n) is 4.71. The molecule has 1 atom stereocenters. The van der Waals surface area contributed by atoms with Crippen LogP contribution in [0.25, 0.3) is 0 Å². The highest BCUT2D eigenvalue weighted by Crippen LogP contribution is 2.30. The van der Waals surface area contributed by atoms with Crippen molar-refractivity contribution in [2.24, 2.45) is 5.41 Å². The lowest BCUT2D eigenvalue weighted by atomic mass is 9.77. The molecule has 0 unspecified atom stereocenters. The molecule has 0 saturated heterocycles. The minimum absolute atomic E-state index is 0.118. The fourth-order valence-electron chi connectivity index (χ4n) is 2.00. The van der Waals surface area contributed by atoms with E-state index in [0.29, 0.717) is 6.42 Å². The Morgan fingerprint density at radius 1 is 1.27 bits per heavy atom. The molecular weight excluding hydrogens is 184 g/mol. The smallest absolute Gasteiger partial charge is 0.130 e. The number of carbonyl (C=O) groups excluding carboxylic acids is 1. The zero-order chi connectivity index (χ0) is 11.3. The number of Topliss-reactive ketones (excluding diaryl/α,β-unsaturated/α-hetero) is 1. The van der Waals surface area contributed by atoms with Crippen LogP contribution in [0.3, 0.4) is 0 Å². The molecule has 1 rings (SSSR count). The van der Waals surface area contributed by atoms with Crippen LogP contribution in [0.4, 0.5) is 0 Å². The van der Waals surface area contributed by atoms with Crippen LogP contribution in [0.2, 0.25) is 0 Å². The van der Waals surface area contributed by atoms with Gasteiger partial charge in [-0.2, -0.15) is 0 Å². The first-order valence-electron chi connectivity index (χ1n) is 5.59. The molecule has 1 aromatic rings. The van der Waals surface area contributed by atoms with Crippen molar-refractivity contribution >= 4 is 5.78 Å². The zero-order valence-corrected chi connectivity index (χ0v) is 9.92. The summed E-state index contributed by atoms with van der Waals surface area (Å²) in [6.45, 7) is 6.03. The number of rotatable bonds is 5. The van der Waals surface area contributed by atoms with E-state index in [1.165, 1.54) is 5.56 Å². The molecule has 0 N–H and O–H groups in total. The summed E-state index contributed by atoms with van der Waals surface area (Å²) in [5.74, 6) is 0.287. The van der Waals surface area contributed by atoms with Gasteiger partial charge in [0.2, 0.25) is 0 Å². The van der Waals surface area contributed by atoms with Crippen molar-refractivity contribution in [2.45, 2.75) is 40.0 Å². The molecule has 0 spiro atoms. The fraction of sp³-hybridized carbons (Fsp3) is 0.500. The van der Waals surface area contributed by atoms with Gasteiger partial charge >= 0.3 is 0 Å². The molecule has 0 amide bonds. The van der Waals surface area contributed by atoms with Gasteiger partial charge in [-0.3, -0.25) is 0 Å². The predicted molar refractivity (Wildman–Crippen MR) is 63.8 cm³/mol. The summed E-state index contributed by atoms with van der Waals surface area (Å²) >= 11 is 0.